The number of hydrogen-bond acceptors (Lipinski definition) is 4. The normalized spacial score (nSPS) is 20.1. The standard InChI is InChI=1S/C23H22N2O2/c1-23(2)18-7-5-6-8-19(18)25(3)21(23)14-24-22-17-13-16(27-4)11-9-15(17)10-12-20(22)26/h5-14H,1-4H3/b21-14-,24-22?. The van der Waals surface area contributed by atoms with Crippen LogP contribution in [0.4, 0.5) is 5.69 Å². The number of ether oxygens (including phenoxy) is 1. The molecule has 2 aromatic carbocycles. The van der Waals surface area contributed by atoms with Gasteiger partial charge in [0.2, 0.25) is 5.78 Å². The number of nitrogens with zero attached hydrogens (tertiary/aromatic N) is 2. The first-order valence-electron chi connectivity index (χ1n) is 8.96. The highest BCUT2D eigenvalue weighted by atomic mass is 16.5. The second-order valence-corrected chi connectivity index (χ2v) is 7.34. The quantitative estimate of drug-likeness (QED) is 0.801. The fourth-order valence-corrected chi connectivity index (χ4v) is 3.88. The third-order valence-corrected chi connectivity index (χ3v) is 5.42. The number of anilines is 1. The van der Waals surface area contributed by atoms with E-state index < -0.39 is 0 Å². The second kappa shape index (κ2) is 6.23. The third-order valence-electron chi connectivity index (χ3n) is 5.42. The van der Waals surface area contributed by atoms with Crippen molar-refractivity contribution in [2.45, 2.75) is 19.3 Å². The van der Waals surface area contributed by atoms with Gasteiger partial charge in [0, 0.05) is 35.6 Å². The van der Waals surface area contributed by atoms with Crippen molar-refractivity contribution in [1.82, 2.24) is 0 Å². The van der Waals surface area contributed by atoms with Gasteiger partial charge in [0.25, 0.3) is 0 Å². The number of likely N-dealkylation sites (N-methyl/N-ethyl adjacent to an activating group) is 1. The highest BCUT2D eigenvalue weighted by Crippen LogP contribution is 2.46. The van der Waals surface area contributed by atoms with E-state index in [2.05, 4.69) is 41.9 Å². The smallest absolute Gasteiger partial charge is 0.204 e. The third kappa shape index (κ3) is 2.69. The van der Waals surface area contributed by atoms with Gasteiger partial charge < -0.3 is 9.64 Å². The number of aliphatic imine (C=N–C) groups is 1. The number of carbonyl (C=O) groups excluding carboxylic acids is 1. The molecule has 0 radical (unpaired) electrons. The topological polar surface area (TPSA) is 41.9 Å². The van der Waals surface area contributed by atoms with Crippen molar-refractivity contribution >= 4 is 23.3 Å². The molecule has 0 fully saturated rings. The summed E-state index contributed by atoms with van der Waals surface area (Å²) in [5.41, 5.74) is 5.52. The lowest BCUT2D eigenvalue weighted by Crippen LogP contribution is -2.23. The van der Waals surface area contributed by atoms with Crippen LogP contribution in [0, 0.1) is 0 Å². The van der Waals surface area contributed by atoms with Gasteiger partial charge in [-0.25, -0.2) is 0 Å². The SMILES string of the molecule is COc1ccc2c(c1)C(=N/C=C1\N(C)c3ccccc3C1(C)C)C(=O)C=C2. The molecule has 0 spiro atoms. The molecule has 0 N–H and O–H groups in total. The van der Waals surface area contributed by atoms with Gasteiger partial charge >= 0.3 is 0 Å². The van der Waals surface area contributed by atoms with Crippen molar-refractivity contribution in [1.29, 1.82) is 0 Å². The van der Waals surface area contributed by atoms with Crippen molar-refractivity contribution in [3.63, 3.8) is 0 Å². The molecule has 0 aromatic heterocycles. The number of para-hydroxylation sites is 1. The molecular formula is C23H22N2O2. The Hall–Kier alpha value is -3.14. The number of rotatable bonds is 2. The molecule has 2 aromatic rings. The number of methoxy groups -OCH3 is 1. The zero-order valence-corrected chi connectivity index (χ0v) is 16.0. The van der Waals surface area contributed by atoms with Crippen molar-refractivity contribution in [2.75, 3.05) is 19.1 Å². The van der Waals surface area contributed by atoms with E-state index in [1.165, 1.54) is 11.3 Å². The minimum Gasteiger partial charge on any atom is -0.497 e. The minimum absolute atomic E-state index is 0.0939. The largest absolute Gasteiger partial charge is 0.497 e. The van der Waals surface area contributed by atoms with E-state index in [1.54, 1.807) is 13.2 Å². The molecule has 0 atom stereocenters. The predicted molar refractivity (Wildman–Crippen MR) is 110 cm³/mol. The molecule has 4 heteroatoms. The van der Waals surface area contributed by atoms with Gasteiger partial charge in [-0.1, -0.05) is 44.2 Å². The maximum atomic E-state index is 12.5. The summed E-state index contributed by atoms with van der Waals surface area (Å²) in [7, 11) is 3.66. The lowest BCUT2D eigenvalue weighted by atomic mass is 9.84. The van der Waals surface area contributed by atoms with Gasteiger partial charge in [-0.15, -0.1) is 0 Å². The lowest BCUT2D eigenvalue weighted by Gasteiger charge is -2.23. The minimum atomic E-state index is -0.180. The number of ketones is 1. The summed E-state index contributed by atoms with van der Waals surface area (Å²) in [5, 5.41) is 0. The van der Waals surface area contributed by atoms with E-state index in [0.29, 0.717) is 11.5 Å². The molecule has 0 saturated carbocycles. The molecule has 4 nitrogen and oxygen atoms in total. The Labute approximate surface area is 159 Å². The molecule has 27 heavy (non-hydrogen) atoms. The fraction of sp³-hybridized carbons (Fsp3) is 0.217. The number of hydrogen-bond donors (Lipinski definition) is 0. The second-order valence-electron chi connectivity index (χ2n) is 7.34. The summed E-state index contributed by atoms with van der Waals surface area (Å²) in [6.45, 7) is 4.36. The van der Waals surface area contributed by atoms with Crippen LogP contribution in [0.3, 0.4) is 0 Å². The van der Waals surface area contributed by atoms with E-state index >= 15 is 0 Å². The van der Waals surface area contributed by atoms with Crippen molar-refractivity contribution in [3.8, 4) is 5.75 Å². The van der Waals surface area contributed by atoms with E-state index in [-0.39, 0.29) is 11.2 Å². The summed E-state index contributed by atoms with van der Waals surface area (Å²) < 4.78 is 5.32. The average Bonchev–Trinajstić information content (AvgIpc) is 2.87. The molecule has 1 aliphatic heterocycles. The van der Waals surface area contributed by atoms with Crippen molar-refractivity contribution in [3.05, 3.63) is 77.1 Å². The van der Waals surface area contributed by atoms with Crippen LogP contribution in [0.1, 0.15) is 30.5 Å². The van der Waals surface area contributed by atoms with Crippen LogP contribution < -0.4 is 9.64 Å². The van der Waals surface area contributed by atoms with Gasteiger partial charge in [0.1, 0.15) is 11.5 Å². The summed E-state index contributed by atoms with van der Waals surface area (Å²) in [4.78, 5) is 19.3. The summed E-state index contributed by atoms with van der Waals surface area (Å²) in [6, 6.07) is 14.1. The predicted octanol–water partition coefficient (Wildman–Crippen LogP) is 4.35. The monoisotopic (exact) mass is 358 g/mol. The Morgan fingerprint density at radius 1 is 1.11 bits per heavy atom. The average molecular weight is 358 g/mol. The van der Waals surface area contributed by atoms with Crippen LogP contribution in [-0.4, -0.2) is 25.7 Å². The number of benzene rings is 2. The van der Waals surface area contributed by atoms with Crippen molar-refractivity contribution < 1.29 is 9.53 Å². The summed E-state index contributed by atoms with van der Waals surface area (Å²) in [5.74, 6) is 0.617. The molecule has 0 saturated heterocycles. The van der Waals surface area contributed by atoms with Crippen molar-refractivity contribution in [2.24, 2.45) is 4.99 Å². The van der Waals surface area contributed by atoms with Gasteiger partial charge in [0.05, 0.1) is 7.11 Å². The molecule has 136 valence electrons. The summed E-state index contributed by atoms with van der Waals surface area (Å²) in [6.07, 6.45) is 5.23. The van der Waals surface area contributed by atoms with E-state index in [4.69, 9.17) is 4.74 Å². The Bertz CT molecular complexity index is 1030. The number of allylic oxidation sites excluding steroid dienone is 2. The van der Waals surface area contributed by atoms with Crippen LogP contribution in [0.25, 0.3) is 6.08 Å². The molecule has 1 aliphatic carbocycles. The van der Waals surface area contributed by atoms with Crippen LogP contribution in [0.5, 0.6) is 5.75 Å². The van der Waals surface area contributed by atoms with Gasteiger partial charge in [-0.05, 0) is 35.4 Å². The number of carbonyl (C=O) groups is 1. The highest BCUT2D eigenvalue weighted by Gasteiger charge is 2.38. The zero-order valence-electron chi connectivity index (χ0n) is 16.0. The highest BCUT2D eigenvalue weighted by molar-refractivity contribution is 6.52. The molecule has 0 amide bonds. The van der Waals surface area contributed by atoms with Crippen LogP contribution >= 0.6 is 0 Å². The summed E-state index contributed by atoms with van der Waals surface area (Å²) >= 11 is 0. The van der Waals surface area contributed by atoms with Crippen LogP contribution in [0.15, 0.2) is 65.4 Å². The first kappa shape index (κ1) is 17.3. The van der Waals surface area contributed by atoms with E-state index in [1.807, 2.05) is 43.6 Å². The Morgan fingerprint density at radius 2 is 1.89 bits per heavy atom. The van der Waals surface area contributed by atoms with Crippen LogP contribution in [-0.2, 0) is 10.2 Å². The van der Waals surface area contributed by atoms with Gasteiger partial charge in [0.15, 0.2) is 0 Å². The fourth-order valence-electron chi connectivity index (χ4n) is 3.88. The van der Waals surface area contributed by atoms with Crippen LogP contribution in [0.2, 0.25) is 0 Å². The first-order valence-corrected chi connectivity index (χ1v) is 8.96. The maximum Gasteiger partial charge on any atom is 0.204 e. The Balaban J connectivity index is 1.81. The maximum absolute atomic E-state index is 12.5. The molecule has 1 heterocycles. The number of fused-ring (bicyclic) bond motifs is 2. The molecular weight excluding hydrogens is 336 g/mol. The Morgan fingerprint density at radius 3 is 2.63 bits per heavy atom. The van der Waals surface area contributed by atoms with Gasteiger partial charge in [-0.2, -0.15) is 0 Å². The van der Waals surface area contributed by atoms with E-state index in [0.717, 1.165) is 16.8 Å². The molecule has 0 bridgehead atoms. The first-order chi connectivity index (χ1) is 12.9. The Kier molecular flexibility index (Phi) is 3.99. The van der Waals surface area contributed by atoms with Gasteiger partial charge in [-0.3, -0.25) is 9.79 Å². The molecule has 0 unspecified atom stereocenters. The molecule has 4 rings (SSSR count). The zero-order chi connectivity index (χ0) is 19.2. The lowest BCUT2D eigenvalue weighted by molar-refractivity contribution is -0.108. The molecule has 2 aliphatic rings. The van der Waals surface area contributed by atoms with E-state index in [9.17, 15) is 4.79 Å².